The maximum atomic E-state index is 6.32. The normalized spacial score (nSPS) is 11.1. The van der Waals surface area contributed by atoms with Gasteiger partial charge >= 0.3 is 0 Å². The molecule has 1 aromatic heterocycles. The summed E-state index contributed by atoms with van der Waals surface area (Å²) in [6.07, 6.45) is 0. The first kappa shape index (κ1) is 32.0. The van der Waals surface area contributed by atoms with Gasteiger partial charge in [-0.25, -0.2) is 0 Å². The Labute approximate surface area is 310 Å². The largest absolute Gasteiger partial charge is 0.456 e. The Bertz CT molecular complexity index is 2640. The summed E-state index contributed by atoms with van der Waals surface area (Å²) in [7, 11) is 0. The third-order valence-corrected chi connectivity index (χ3v) is 10.1. The molecule has 0 aliphatic rings. The van der Waals surface area contributed by atoms with Crippen molar-refractivity contribution in [2.45, 2.75) is 6.92 Å². The second-order valence-electron chi connectivity index (χ2n) is 13.4. The van der Waals surface area contributed by atoms with Crippen LogP contribution in [0.25, 0.3) is 66.8 Å². The summed E-state index contributed by atoms with van der Waals surface area (Å²) < 4.78 is 6.32. The van der Waals surface area contributed by atoms with Crippen LogP contribution in [0.4, 0.5) is 17.1 Å². The van der Waals surface area contributed by atoms with Crippen LogP contribution in [0.1, 0.15) is 5.56 Å². The Morgan fingerprint density at radius 1 is 0.321 bits per heavy atom. The van der Waals surface area contributed by atoms with Crippen molar-refractivity contribution in [2.24, 2.45) is 0 Å². The lowest BCUT2D eigenvalue weighted by molar-refractivity contribution is 0.629. The number of para-hydroxylation sites is 1. The molecule has 0 atom stereocenters. The maximum Gasteiger partial charge on any atom is 0.138 e. The summed E-state index contributed by atoms with van der Waals surface area (Å²) >= 11 is 0. The monoisotopic (exact) mass is 679 g/mol. The first-order valence-corrected chi connectivity index (χ1v) is 18.1. The number of hydrogen-bond acceptors (Lipinski definition) is 2. The number of benzene rings is 8. The lowest BCUT2D eigenvalue weighted by atomic mass is 9.98. The lowest BCUT2D eigenvalue weighted by Gasteiger charge is -2.26. The van der Waals surface area contributed by atoms with Crippen molar-refractivity contribution in [1.29, 1.82) is 0 Å². The van der Waals surface area contributed by atoms with Crippen LogP contribution in [0.3, 0.4) is 0 Å². The van der Waals surface area contributed by atoms with Gasteiger partial charge in [-0.1, -0.05) is 152 Å². The van der Waals surface area contributed by atoms with Crippen LogP contribution in [0.2, 0.25) is 0 Å². The number of fused-ring (bicyclic) bond motifs is 1. The van der Waals surface area contributed by atoms with Crippen molar-refractivity contribution in [3.05, 3.63) is 212 Å². The molecule has 0 aliphatic heterocycles. The van der Waals surface area contributed by atoms with E-state index >= 15 is 0 Å². The fourth-order valence-electron chi connectivity index (χ4n) is 7.29. The number of hydrogen-bond donors (Lipinski definition) is 0. The molecule has 9 rings (SSSR count). The van der Waals surface area contributed by atoms with Gasteiger partial charge < -0.3 is 9.32 Å². The van der Waals surface area contributed by atoms with Crippen LogP contribution in [0.5, 0.6) is 0 Å². The van der Waals surface area contributed by atoms with Gasteiger partial charge in [-0.05, 0) is 106 Å². The molecular formula is C51H37NO. The number of furan rings is 1. The Kier molecular flexibility index (Phi) is 8.47. The minimum Gasteiger partial charge on any atom is -0.456 e. The van der Waals surface area contributed by atoms with E-state index in [0.717, 1.165) is 56.0 Å². The van der Waals surface area contributed by atoms with Crippen molar-refractivity contribution >= 4 is 28.0 Å². The Morgan fingerprint density at radius 2 is 0.679 bits per heavy atom. The van der Waals surface area contributed by atoms with E-state index < -0.39 is 0 Å². The predicted octanol–water partition coefficient (Wildman–Crippen LogP) is 14.5. The van der Waals surface area contributed by atoms with Crippen molar-refractivity contribution < 1.29 is 4.42 Å². The molecule has 252 valence electrons. The van der Waals surface area contributed by atoms with Crippen LogP contribution >= 0.6 is 0 Å². The minimum atomic E-state index is 0.917. The van der Waals surface area contributed by atoms with Gasteiger partial charge in [0.2, 0.25) is 0 Å². The third-order valence-electron chi connectivity index (χ3n) is 10.1. The van der Waals surface area contributed by atoms with E-state index in [2.05, 4.69) is 206 Å². The van der Waals surface area contributed by atoms with Gasteiger partial charge in [-0.3, -0.25) is 0 Å². The zero-order valence-electron chi connectivity index (χ0n) is 29.5. The van der Waals surface area contributed by atoms with E-state index in [1.165, 1.54) is 33.4 Å². The molecule has 53 heavy (non-hydrogen) atoms. The number of nitrogens with zero attached hydrogens (tertiary/aromatic N) is 1. The highest BCUT2D eigenvalue weighted by molar-refractivity contribution is 5.88. The highest BCUT2D eigenvalue weighted by Gasteiger charge is 2.16. The zero-order valence-corrected chi connectivity index (χ0v) is 29.5. The van der Waals surface area contributed by atoms with Crippen LogP contribution in [-0.2, 0) is 0 Å². The SMILES string of the molecule is Cc1c(-c2cccc(-c3ccc(N(c4ccc(-c5ccccc5)cc4)c4ccc(-c5cccc(-c6ccccc6)c5)cc4)cc3)c2)oc2ccccc12. The van der Waals surface area contributed by atoms with Gasteiger partial charge in [-0.15, -0.1) is 0 Å². The van der Waals surface area contributed by atoms with Gasteiger partial charge in [0.1, 0.15) is 11.3 Å². The van der Waals surface area contributed by atoms with Crippen molar-refractivity contribution in [2.75, 3.05) is 4.90 Å². The smallest absolute Gasteiger partial charge is 0.138 e. The van der Waals surface area contributed by atoms with Crippen LogP contribution in [0.15, 0.2) is 211 Å². The maximum absolute atomic E-state index is 6.32. The van der Waals surface area contributed by atoms with Gasteiger partial charge in [0, 0.05) is 33.6 Å². The Hall–Kier alpha value is -6.90. The third kappa shape index (κ3) is 6.44. The molecule has 9 aromatic rings. The topological polar surface area (TPSA) is 16.4 Å². The van der Waals surface area contributed by atoms with Crippen LogP contribution < -0.4 is 4.90 Å². The highest BCUT2D eigenvalue weighted by atomic mass is 16.3. The lowest BCUT2D eigenvalue weighted by Crippen LogP contribution is -2.09. The fourth-order valence-corrected chi connectivity index (χ4v) is 7.29. The average Bonchev–Trinajstić information content (AvgIpc) is 3.58. The van der Waals surface area contributed by atoms with Crippen molar-refractivity contribution in [1.82, 2.24) is 0 Å². The van der Waals surface area contributed by atoms with Crippen molar-refractivity contribution in [3.8, 4) is 55.8 Å². The van der Waals surface area contributed by atoms with Crippen LogP contribution in [0, 0.1) is 6.92 Å². The van der Waals surface area contributed by atoms with E-state index in [-0.39, 0.29) is 0 Å². The summed E-state index contributed by atoms with van der Waals surface area (Å²) in [6, 6.07) is 73.4. The van der Waals surface area contributed by atoms with E-state index in [4.69, 9.17) is 4.42 Å². The Morgan fingerprint density at radius 3 is 1.17 bits per heavy atom. The van der Waals surface area contributed by atoms with E-state index in [1.54, 1.807) is 0 Å². The van der Waals surface area contributed by atoms with E-state index in [9.17, 15) is 0 Å². The quantitative estimate of drug-likeness (QED) is 0.159. The standard InChI is InChI=1S/C51H37NO/c1-36-49-20-8-9-21-50(49)53-51(36)45-19-11-18-44(35-45)41-26-32-48(33-27-41)52(46-28-22-39(23-29-46)37-12-4-2-5-13-37)47-30-24-40(25-31-47)43-17-10-16-42(34-43)38-14-6-3-7-15-38/h2-35H,1H3. The first-order chi connectivity index (χ1) is 26.2. The molecule has 1 heterocycles. The summed E-state index contributed by atoms with van der Waals surface area (Å²) in [4.78, 5) is 2.33. The molecule has 0 bridgehead atoms. The second-order valence-corrected chi connectivity index (χ2v) is 13.4. The molecule has 0 N–H and O–H groups in total. The zero-order chi connectivity index (χ0) is 35.6. The molecule has 0 saturated heterocycles. The van der Waals surface area contributed by atoms with E-state index in [0.29, 0.717) is 0 Å². The van der Waals surface area contributed by atoms with Gasteiger partial charge in [0.05, 0.1) is 0 Å². The summed E-state index contributed by atoms with van der Waals surface area (Å²) in [6.45, 7) is 2.14. The van der Waals surface area contributed by atoms with Gasteiger partial charge in [-0.2, -0.15) is 0 Å². The predicted molar refractivity (Wildman–Crippen MR) is 223 cm³/mol. The molecule has 0 amide bonds. The summed E-state index contributed by atoms with van der Waals surface area (Å²) in [5, 5.41) is 1.16. The average molecular weight is 680 g/mol. The fraction of sp³-hybridized carbons (Fsp3) is 0.0196. The molecule has 0 aliphatic carbocycles. The molecule has 0 unspecified atom stereocenters. The first-order valence-electron chi connectivity index (χ1n) is 18.1. The molecule has 0 saturated carbocycles. The molecule has 0 radical (unpaired) electrons. The van der Waals surface area contributed by atoms with Crippen LogP contribution in [-0.4, -0.2) is 0 Å². The molecule has 0 fully saturated rings. The molecule has 2 heteroatoms. The summed E-state index contributed by atoms with van der Waals surface area (Å²) in [5.41, 5.74) is 15.9. The molecule has 0 spiro atoms. The van der Waals surface area contributed by atoms with Gasteiger partial charge in [0.25, 0.3) is 0 Å². The molecular weight excluding hydrogens is 643 g/mol. The van der Waals surface area contributed by atoms with E-state index in [1.807, 2.05) is 12.1 Å². The molecule has 8 aromatic carbocycles. The number of rotatable bonds is 8. The van der Waals surface area contributed by atoms with Gasteiger partial charge in [0.15, 0.2) is 0 Å². The highest BCUT2D eigenvalue weighted by Crippen LogP contribution is 2.39. The Balaban J connectivity index is 1.06. The number of aryl methyl sites for hydroxylation is 1. The summed E-state index contributed by atoms with van der Waals surface area (Å²) in [5.74, 6) is 0.921. The van der Waals surface area contributed by atoms with Crippen molar-refractivity contribution in [3.63, 3.8) is 0 Å². The number of anilines is 3. The second kappa shape index (κ2) is 14.0. The minimum absolute atomic E-state index is 0.917. The molecule has 2 nitrogen and oxygen atoms in total.